The maximum absolute atomic E-state index is 6.02. The average molecular weight is 184 g/mol. The van der Waals surface area contributed by atoms with Gasteiger partial charge in [-0.1, -0.05) is 0 Å². The molecule has 0 aliphatic carbocycles. The summed E-state index contributed by atoms with van der Waals surface area (Å²) in [6.07, 6.45) is 4.71. The molecule has 76 valence electrons. The van der Waals surface area contributed by atoms with Gasteiger partial charge < -0.3 is 15.0 Å². The van der Waals surface area contributed by atoms with Crippen molar-refractivity contribution >= 4 is 0 Å². The van der Waals surface area contributed by atoms with Gasteiger partial charge in [0.2, 0.25) is 0 Å². The van der Waals surface area contributed by atoms with Crippen LogP contribution in [0.3, 0.4) is 0 Å². The van der Waals surface area contributed by atoms with E-state index >= 15 is 0 Å². The summed E-state index contributed by atoms with van der Waals surface area (Å²) in [4.78, 5) is 2.37. The predicted molar refractivity (Wildman–Crippen MR) is 52.9 cm³/mol. The fourth-order valence-electron chi connectivity index (χ4n) is 2.25. The van der Waals surface area contributed by atoms with Crippen LogP contribution in [-0.4, -0.2) is 50.3 Å². The SMILES string of the molecule is CN1CCC[C@@H](O[C@@H]2CCNC2)C1. The number of rotatable bonds is 2. The zero-order chi connectivity index (χ0) is 9.10. The molecule has 3 heteroatoms. The van der Waals surface area contributed by atoms with Crippen LogP contribution >= 0.6 is 0 Å². The van der Waals surface area contributed by atoms with E-state index in [1.54, 1.807) is 0 Å². The summed E-state index contributed by atoms with van der Waals surface area (Å²) in [6.45, 7) is 4.55. The van der Waals surface area contributed by atoms with E-state index in [0.717, 1.165) is 19.6 Å². The van der Waals surface area contributed by atoms with E-state index in [2.05, 4.69) is 17.3 Å². The highest BCUT2D eigenvalue weighted by Crippen LogP contribution is 2.15. The molecule has 2 aliphatic rings. The van der Waals surface area contributed by atoms with Crippen molar-refractivity contribution in [1.82, 2.24) is 10.2 Å². The van der Waals surface area contributed by atoms with Crippen molar-refractivity contribution in [2.45, 2.75) is 31.5 Å². The molecule has 0 bridgehead atoms. The molecule has 2 saturated heterocycles. The second-order valence-electron chi connectivity index (χ2n) is 4.28. The molecule has 2 fully saturated rings. The third-order valence-corrected chi connectivity index (χ3v) is 2.98. The summed E-state index contributed by atoms with van der Waals surface area (Å²) >= 11 is 0. The van der Waals surface area contributed by atoms with E-state index in [0.29, 0.717) is 12.2 Å². The molecule has 0 radical (unpaired) electrons. The zero-order valence-electron chi connectivity index (χ0n) is 8.46. The first-order chi connectivity index (χ1) is 6.34. The summed E-state index contributed by atoms with van der Waals surface area (Å²) in [5.41, 5.74) is 0. The van der Waals surface area contributed by atoms with Gasteiger partial charge in [-0.3, -0.25) is 0 Å². The number of hydrogen-bond acceptors (Lipinski definition) is 3. The standard InChI is InChI=1S/C10H20N2O/c1-12-6-2-3-10(8-12)13-9-4-5-11-7-9/h9-11H,2-8H2,1H3/t9-,10-/m1/s1. The molecular formula is C10H20N2O. The van der Waals surface area contributed by atoms with Gasteiger partial charge >= 0.3 is 0 Å². The van der Waals surface area contributed by atoms with E-state index in [1.807, 2.05) is 0 Å². The number of likely N-dealkylation sites (N-methyl/N-ethyl adjacent to an activating group) is 1. The van der Waals surface area contributed by atoms with Crippen LogP contribution in [0.1, 0.15) is 19.3 Å². The topological polar surface area (TPSA) is 24.5 Å². The number of nitrogens with one attached hydrogen (secondary N) is 1. The van der Waals surface area contributed by atoms with Crippen molar-refractivity contribution in [3.63, 3.8) is 0 Å². The lowest BCUT2D eigenvalue weighted by Gasteiger charge is -2.31. The number of hydrogen-bond donors (Lipinski definition) is 1. The highest BCUT2D eigenvalue weighted by molar-refractivity contribution is 4.76. The molecule has 0 spiro atoms. The Bertz CT molecular complexity index is 157. The summed E-state index contributed by atoms with van der Waals surface area (Å²) in [7, 11) is 2.18. The van der Waals surface area contributed by atoms with Gasteiger partial charge in [0.1, 0.15) is 0 Å². The molecule has 2 heterocycles. The normalized spacial score (nSPS) is 36.7. The van der Waals surface area contributed by atoms with E-state index < -0.39 is 0 Å². The molecule has 0 saturated carbocycles. The maximum Gasteiger partial charge on any atom is 0.0715 e. The zero-order valence-corrected chi connectivity index (χ0v) is 8.46. The lowest BCUT2D eigenvalue weighted by Crippen LogP contribution is -2.39. The molecule has 13 heavy (non-hydrogen) atoms. The van der Waals surface area contributed by atoms with Crippen LogP contribution in [0.4, 0.5) is 0 Å². The molecule has 0 aromatic heterocycles. The maximum atomic E-state index is 6.02. The fraction of sp³-hybridized carbons (Fsp3) is 1.00. The second kappa shape index (κ2) is 4.40. The van der Waals surface area contributed by atoms with Gasteiger partial charge in [-0.25, -0.2) is 0 Å². The quantitative estimate of drug-likeness (QED) is 0.675. The lowest BCUT2D eigenvalue weighted by molar-refractivity contribution is -0.0347. The first-order valence-corrected chi connectivity index (χ1v) is 5.39. The predicted octanol–water partition coefficient (Wildman–Crippen LogP) is 0.459. The number of ether oxygens (including phenoxy) is 1. The van der Waals surface area contributed by atoms with Gasteiger partial charge in [0.25, 0.3) is 0 Å². The Hall–Kier alpha value is -0.120. The number of nitrogens with zero attached hydrogens (tertiary/aromatic N) is 1. The first-order valence-electron chi connectivity index (χ1n) is 5.39. The van der Waals surface area contributed by atoms with Gasteiger partial charge in [0.05, 0.1) is 12.2 Å². The summed E-state index contributed by atoms with van der Waals surface area (Å²) in [6, 6.07) is 0. The Labute approximate surface area is 80.4 Å². The van der Waals surface area contributed by atoms with Crippen molar-refractivity contribution in [2.75, 3.05) is 33.2 Å². The minimum atomic E-state index is 0.483. The van der Waals surface area contributed by atoms with Crippen LogP contribution in [0.5, 0.6) is 0 Å². The van der Waals surface area contributed by atoms with Crippen molar-refractivity contribution in [1.29, 1.82) is 0 Å². The molecule has 2 atom stereocenters. The van der Waals surface area contributed by atoms with Crippen LogP contribution in [0.15, 0.2) is 0 Å². The van der Waals surface area contributed by atoms with Gasteiger partial charge in [0, 0.05) is 13.1 Å². The molecule has 0 unspecified atom stereocenters. The smallest absolute Gasteiger partial charge is 0.0715 e. The van der Waals surface area contributed by atoms with E-state index in [4.69, 9.17) is 4.74 Å². The second-order valence-corrected chi connectivity index (χ2v) is 4.28. The summed E-state index contributed by atoms with van der Waals surface area (Å²) in [5.74, 6) is 0. The molecule has 0 aromatic rings. The Kier molecular flexibility index (Phi) is 3.19. The fourth-order valence-corrected chi connectivity index (χ4v) is 2.25. The Morgan fingerprint density at radius 1 is 1.31 bits per heavy atom. The Balaban J connectivity index is 1.73. The van der Waals surface area contributed by atoms with E-state index in [9.17, 15) is 0 Å². The van der Waals surface area contributed by atoms with Crippen LogP contribution in [0.25, 0.3) is 0 Å². The molecule has 2 rings (SSSR count). The Morgan fingerprint density at radius 3 is 2.92 bits per heavy atom. The molecule has 2 aliphatic heterocycles. The average Bonchev–Trinajstić information content (AvgIpc) is 2.57. The van der Waals surface area contributed by atoms with E-state index in [1.165, 1.54) is 25.8 Å². The summed E-state index contributed by atoms with van der Waals surface area (Å²) in [5, 5.41) is 3.33. The van der Waals surface area contributed by atoms with Crippen molar-refractivity contribution < 1.29 is 4.74 Å². The molecule has 0 aromatic carbocycles. The van der Waals surface area contributed by atoms with Crippen LogP contribution in [0.2, 0.25) is 0 Å². The van der Waals surface area contributed by atoms with Crippen LogP contribution in [0, 0.1) is 0 Å². The van der Waals surface area contributed by atoms with Crippen molar-refractivity contribution in [2.24, 2.45) is 0 Å². The molecule has 0 amide bonds. The minimum Gasteiger partial charge on any atom is -0.372 e. The molecule has 3 nitrogen and oxygen atoms in total. The number of piperidine rings is 1. The van der Waals surface area contributed by atoms with Gasteiger partial charge in [0.15, 0.2) is 0 Å². The monoisotopic (exact) mass is 184 g/mol. The highest BCUT2D eigenvalue weighted by atomic mass is 16.5. The van der Waals surface area contributed by atoms with Gasteiger partial charge in [-0.15, -0.1) is 0 Å². The van der Waals surface area contributed by atoms with Crippen LogP contribution < -0.4 is 5.32 Å². The lowest BCUT2D eigenvalue weighted by atomic mass is 10.1. The van der Waals surface area contributed by atoms with Crippen molar-refractivity contribution in [3.05, 3.63) is 0 Å². The van der Waals surface area contributed by atoms with Gasteiger partial charge in [-0.2, -0.15) is 0 Å². The summed E-state index contributed by atoms with van der Waals surface area (Å²) < 4.78 is 6.02. The van der Waals surface area contributed by atoms with Crippen molar-refractivity contribution in [3.8, 4) is 0 Å². The largest absolute Gasteiger partial charge is 0.372 e. The first kappa shape index (κ1) is 9.44. The molecular weight excluding hydrogens is 164 g/mol. The van der Waals surface area contributed by atoms with Crippen LogP contribution in [-0.2, 0) is 4.74 Å². The van der Waals surface area contributed by atoms with E-state index in [-0.39, 0.29) is 0 Å². The minimum absolute atomic E-state index is 0.483. The third-order valence-electron chi connectivity index (χ3n) is 2.98. The number of likely N-dealkylation sites (tertiary alicyclic amines) is 1. The Morgan fingerprint density at radius 2 is 2.23 bits per heavy atom. The molecule has 1 N–H and O–H groups in total. The van der Waals surface area contributed by atoms with Gasteiger partial charge in [-0.05, 0) is 39.4 Å². The highest BCUT2D eigenvalue weighted by Gasteiger charge is 2.23. The third kappa shape index (κ3) is 2.66.